The second-order valence-corrected chi connectivity index (χ2v) is 3.53. The Labute approximate surface area is 94.2 Å². The molecule has 1 saturated heterocycles. The van der Waals surface area contributed by atoms with Crippen LogP contribution in [0.5, 0.6) is 0 Å². The fourth-order valence-electron chi connectivity index (χ4n) is 1.39. The average molecular weight is 230 g/mol. The van der Waals surface area contributed by atoms with Crippen LogP contribution in [0.3, 0.4) is 0 Å². The van der Waals surface area contributed by atoms with Gasteiger partial charge in [-0.05, 0) is 6.42 Å². The second kappa shape index (κ2) is 6.89. The molecule has 4 N–H and O–H groups in total. The number of nitrogens with zero attached hydrogens (tertiary/aromatic N) is 2. The van der Waals surface area contributed by atoms with Crippen LogP contribution < -0.4 is 11.1 Å². The Balaban J connectivity index is 2.10. The highest BCUT2D eigenvalue weighted by Crippen LogP contribution is 1.97. The molecular formula is C9H18N4O3. The molecule has 1 aliphatic heterocycles. The zero-order chi connectivity index (χ0) is 11.8. The van der Waals surface area contributed by atoms with Crippen molar-refractivity contribution >= 4 is 11.9 Å². The predicted octanol–water partition coefficient (Wildman–Crippen LogP) is -0.445. The first kappa shape index (κ1) is 12.6. The number of amides is 2. The van der Waals surface area contributed by atoms with Crippen molar-refractivity contribution in [2.24, 2.45) is 10.9 Å². The molecule has 7 nitrogen and oxygen atoms in total. The number of oxime groups is 1. The molecule has 0 bridgehead atoms. The summed E-state index contributed by atoms with van der Waals surface area (Å²) >= 11 is 0. The van der Waals surface area contributed by atoms with E-state index in [1.165, 1.54) is 0 Å². The van der Waals surface area contributed by atoms with Crippen molar-refractivity contribution in [2.45, 2.75) is 12.8 Å². The van der Waals surface area contributed by atoms with Crippen LogP contribution in [-0.2, 0) is 4.74 Å². The van der Waals surface area contributed by atoms with E-state index in [4.69, 9.17) is 15.7 Å². The average Bonchev–Trinajstić information content (AvgIpc) is 2.35. The summed E-state index contributed by atoms with van der Waals surface area (Å²) in [5.74, 6) is 0.181. The van der Waals surface area contributed by atoms with E-state index in [0.717, 1.165) is 0 Å². The SMILES string of the molecule is NC(CCCNC(=O)N1CCOCC1)=NO. The molecule has 1 aliphatic rings. The maximum atomic E-state index is 11.6. The number of hydrogen-bond donors (Lipinski definition) is 3. The van der Waals surface area contributed by atoms with E-state index in [1.807, 2.05) is 0 Å². The Bertz CT molecular complexity index is 251. The Kier molecular flexibility index (Phi) is 5.41. The third kappa shape index (κ3) is 4.35. The van der Waals surface area contributed by atoms with E-state index in [-0.39, 0.29) is 11.9 Å². The molecule has 0 unspecified atom stereocenters. The fourth-order valence-corrected chi connectivity index (χ4v) is 1.39. The fraction of sp³-hybridized carbons (Fsp3) is 0.778. The molecule has 16 heavy (non-hydrogen) atoms. The quantitative estimate of drug-likeness (QED) is 0.200. The molecule has 1 rings (SSSR count). The van der Waals surface area contributed by atoms with Gasteiger partial charge < -0.3 is 25.9 Å². The van der Waals surface area contributed by atoms with Gasteiger partial charge in [0.2, 0.25) is 0 Å². The Morgan fingerprint density at radius 1 is 1.50 bits per heavy atom. The molecule has 92 valence electrons. The topological polar surface area (TPSA) is 100 Å². The summed E-state index contributed by atoms with van der Waals surface area (Å²) in [4.78, 5) is 13.3. The number of rotatable bonds is 4. The van der Waals surface area contributed by atoms with Gasteiger partial charge in [0, 0.05) is 26.1 Å². The van der Waals surface area contributed by atoms with Gasteiger partial charge in [-0.15, -0.1) is 0 Å². The lowest BCUT2D eigenvalue weighted by Gasteiger charge is -2.26. The zero-order valence-electron chi connectivity index (χ0n) is 9.19. The molecular weight excluding hydrogens is 212 g/mol. The lowest BCUT2D eigenvalue weighted by atomic mass is 10.3. The lowest BCUT2D eigenvalue weighted by Crippen LogP contribution is -2.46. The van der Waals surface area contributed by atoms with Crippen LogP contribution >= 0.6 is 0 Å². The molecule has 0 aromatic rings. The van der Waals surface area contributed by atoms with E-state index in [1.54, 1.807) is 4.90 Å². The van der Waals surface area contributed by atoms with Crippen molar-refractivity contribution in [1.82, 2.24) is 10.2 Å². The highest BCUT2D eigenvalue weighted by molar-refractivity contribution is 5.79. The van der Waals surface area contributed by atoms with Crippen LogP contribution in [0.15, 0.2) is 5.16 Å². The number of morpholine rings is 1. The molecule has 1 heterocycles. The monoisotopic (exact) mass is 230 g/mol. The van der Waals surface area contributed by atoms with E-state index < -0.39 is 0 Å². The zero-order valence-corrected chi connectivity index (χ0v) is 9.19. The number of nitrogens with one attached hydrogen (secondary N) is 1. The van der Waals surface area contributed by atoms with Gasteiger partial charge in [-0.25, -0.2) is 4.79 Å². The van der Waals surface area contributed by atoms with Gasteiger partial charge in [-0.2, -0.15) is 0 Å². The van der Waals surface area contributed by atoms with Crippen LogP contribution in [0.4, 0.5) is 4.79 Å². The summed E-state index contributed by atoms with van der Waals surface area (Å²) in [6, 6.07) is -0.0807. The van der Waals surface area contributed by atoms with Gasteiger partial charge >= 0.3 is 6.03 Å². The van der Waals surface area contributed by atoms with Gasteiger partial charge in [0.1, 0.15) is 5.84 Å². The van der Waals surface area contributed by atoms with E-state index in [9.17, 15) is 4.79 Å². The number of carbonyl (C=O) groups is 1. The van der Waals surface area contributed by atoms with Crippen LogP contribution in [-0.4, -0.2) is 54.8 Å². The molecule has 0 radical (unpaired) electrons. The minimum atomic E-state index is -0.0807. The maximum Gasteiger partial charge on any atom is 0.317 e. The van der Waals surface area contributed by atoms with Crippen molar-refractivity contribution in [3.8, 4) is 0 Å². The van der Waals surface area contributed by atoms with Crippen LogP contribution in [0, 0.1) is 0 Å². The molecule has 0 aromatic carbocycles. The van der Waals surface area contributed by atoms with Gasteiger partial charge in [0.15, 0.2) is 0 Å². The highest BCUT2D eigenvalue weighted by atomic mass is 16.5. The van der Waals surface area contributed by atoms with Crippen molar-refractivity contribution in [3.05, 3.63) is 0 Å². The molecule has 0 spiro atoms. The summed E-state index contributed by atoms with van der Waals surface area (Å²) in [6.07, 6.45) is 1.13. The number of hydrogen-bond acceptors (Lipinski definition) is 4. The van der Waals surface area contributed by atoms with Crippen molar-refractivity contribution in [1.29, 1.82) is 0 Å². The number of amidine groups is 1. The summed E-state index contributed by atoms with van der Waals surface area (Å²) in [6.45, 7) is 2.97. The van der Waals surface area contributed by atoms with Crippen molar-refractivity contribution in [3.63, 3.8) is 0 Å². The second-order valence-electron chi connectivity index (χ2n) is 3.53. The van der Waals surface area contributed by atoms with Crippen LogP contribution in [0.2, 0.25) is 0 Å². The number of ether oxygens (including phenoxy) is 1. The van der Waals surface area contributed by atoms with E-state index in [2.05, 4.69) is 10.5 Å². The smallest absolute Gasteiger partial charge is 0.317 e. The third-order valence-electron chi connectivity index (χ3n) is 2.31. The van der Waals surface area contributed by atoms with Gasteiger partial charge in [0.05, 0.1) is 13.2 Å². The normalized spacial score (nSPS) is 17.2. The molecule has 0 atom stereocenters. The molecule has 7 heteroatoms. The maximum absolute atomic E-state index is 11.6. The highest BCUT2D eigenvalue weighted by Gasteiger charge is 2.15. The van der Waals surface area contributed by atoms with E-state index in [0.29, 0.717) is 45.7 Å². The van der Waals surface area contributed by atoms with Gasteiger partial charge in [-0.3, -0.25) is 0 Å². The Morgan fingerprint density at radius 2 is 2.19 bits per heavy atom. The third-order valence-corrected chi connectivity index (χ3v) is 2.31. The summed E-state index contributed by atoms with van der Waals surface area (Å²) < 4.78 is 5.14. The summed E-state index contributed by atoms with van der Waals surface area (Å²) in [7, 11) is 0. The van der Waals surface area contributed by atoms with Crippen LogP contribution in [0.1, 0.15) is 12.8 Å². The summed E-state index contributed by atoms with van der Waals surface area (Å²) in [5.41, 5.74) is 5.29. The molecule has 0 aliphatic carbocycles. The van der Waals surface area contributed by atoms with E-state index >= 15 is 0 Å². The number of carbonyl (C=O) groups excluding carboxylic acids is 1. The standard InChI is InChI=1S/C9H18N4O3/c10-8(12-15)2-1-3-11-9(14)13-4-6-16-7-5-13/h15H,1-7H2,(H2,10,12)(H,11,14). The minimum Gasteiger partial charge on any atom is -0.409 e. The van der Waals surface area contributed by atoms with Crippen molar-refractivity contribution in [2.75, 3.05) is 32.8 Å². The Hall–Kier alpha value is -1.50. The molecule has 2 amide bonds. The number of nitrogens with two attached hydrogens (primary N) is 1. The molecule has 1 fully saturated rings. The van der Waals surface area contributed by atoms with Crippen molar-refractivity contribution < 1.29 is 14.7 Å². The number of urea groups is 1. The van der Waals surface area contributed by atoms with Gasteiger partial charge in [0.25, 0.3) is 0 Å². The first-order valence-corrected chi connectivity index (χ1v) is 5.31. The van der Waals surface area contributed by atoms with Gasteiger partial charge in [-0.1, -0.05) is 5.16 Å². The summed E-state index contributed by atoms with van der Waals surface area (Å²) in [5, 5.41) is 13.9. The largest absolute Gasteiger partial charge is 0.409 e. The Morgan fingerprint density at radius 3 is 2.81 bits per heavy atom. The molecule has 0 aromatic heterocycles. The lowest BCUT2D eigenvalue weighted by molar-refractivity contribution is 0.0532. The van der Waals surface area contributed by atoms with Crippen LogP contribution in [0.25, 0.3) is 0 Å². The first-order valence-electron chi connectivity index (χ1n) is 5.31. The first-order chi connectivity index (χ1) is 7.74. The predicted molar refractivity (Wildman–Crippen MR) is 58.4 cm³/mol. The minimum absolute atomic E-state index is 0.0807. The molecule has 0 saturated carbocycles.